The fourth-order valence-electron chi connectivity index (χ4n) is 2.35. The fourth-order valence-corrected chi connectivity index (χ4v) is 2.35. The average Bonchev–Trinajstić information content (AvgIpc) is 2.36. The Kier molecular flexibility index (Phi) is 3.57. The van der Waals surface area contributed by atoms with E-state index in [2.05, 4.69) is 0 Å². The number of hydrogen-bond donors (Lipinski definition) is 1. The van der Waals surface area contributed by atoms with Gasteiger partial charge in [0.25, 0.3) is 0 Å². The summed E-state index contributed by atoms with van der Waals surface area (Å²) in [6.45, 7) is 13.7. The van der Waals surface area contributed by atoms with Crippen molar-refractivity contribution in [2.45, 2.75) is 59.5 Å². The molecule has 0 aromatic carbocycles. The topological polar surface area (TPSA) is 40.5 Å². The first-order valence-corrected chi connectivity index (χ1v) is 6.28. The molecule has 3 heteroatoms. The van der Waals surface area contributed by atoms with E-state index < -0.39 is 11.1 Å². The van der Waals surface area contributed by atoms with Crippen LogP contribution in [0, 0.1) is 11.8 Å². The molecule has 0 bridgehead atoms. The molecule has 0 radical (unpaired) electrons. The molecule has 1 heterocycles. The smallest absolute Gasteiger partial charge is 0.163 e. The second-order valence-electron chi connectivity index (χ2n) is 6.48. The number of carbonyl (C=O) groups is 1. The molecule has 0 amide bonds. The van der Waals surface area contributed by atoms with Crippen LogP contribution in [0.4, 0.5) is 0 Å². The summed E-state index contributed by atoms with van der Waals surface area (Å²) < 4.78 is 0. The van der Waals surface area contributed by atoms with Gasteiger partial charge >= 0.3 is 0 Å². The second-order valence-corrected chi connectivity index (χ2v) is 6.48. The molecule has 1 aliphatic rings. The number of Topliss-reactive ketones (excluding diaryl/α,β-unsaturated/α-hetero) is 1. The summed E-state index contributed by atoms with van der Waals surface area (Å²) >= 11 is 0. The van der Waals surface area contributed by atoms with E-state index in [1.807, 2.05) is 54.5 Å². The maximum absolute atomic E-state index is 12.4. The Morgan fingerprint density at radius 2 is 1.71 bits per heavy atom. The number of hydroxylamine groups is 2. The van der Waals surface area contributed by atoms with Crippen molar-refractivity contribution in [3.05, 3.63) is 11.6 Å². The number of rotatable bonds is 3. The molecule has 1 N–H and O–H groups in total. The third-order valence-corrected chi connectivity index (χ3v) is 3.91. The second kappa shape index (κ2) is 4.21. The Morgan fingerprint density at radius 3 is 2.00 bits per heavy atom. The maximum Gasteiger partial charge on any atom is 0.163 e. The number of nitrogens with zero attached hydrogens (tertiary/aromatic N) is 1. The quantitative estimate of drug-likeness (QED) is 0.823. The summed E-state index contributed by atoms with van der Waals surface area (Å²) in [5.74, 6) is 0.451. The molecule has 0 aromatic rings. The molecule has 1 unspecified atom stereocenters. The van der Waals surface area contributed by atoms with E-state index in [4.69, 9.17) is 0 Å². The highest BCUT2D eigenvalue weighted by Crippen LogP contribution is 2.40. The van der Waals surface area contributed by atoms with Gasteiger partial charge in [-0.15, -0.1) is 0 Å². The van der Waals surface area contributed by atoms with Gasteiger partial charge in [-0.2, -0.15) is 5.06 Å². The zero-order chi connectivity index (χ0) is 13.6. The Labute approximate surface area is 104 Å². The predicted octanol–water partition coefficient (Wildman–Crippen LogP) is 3.04. The first-order valence-electron chi connectivity index (χ1n) is 6.28. The Hall–Kier alpha value is -0.670. The summed E-state index contributed by atoms with van der Waals surface area (Å²) in [7, 11) is 0. The van der Waals surface area contributed by atoms with Crippen molar-refractivity contribution in [3.63, 3.8) is 0 Å². The van der Waals surface area contributed by atoms with E-state index in [0.717, 1.165) is 5.57 Å². The molecule has 98 valence electrons. The minimum Gasteiger partial charge on any atom is -0.312 e. The van der Waals surface area contributed by atoms with Crippen LogP contribution in [0.15, 0.2) is 11.6 Å². The van der Waals surface area contributed by atoms with Crippen LogP contribution in [0.25, 0.3) is 0 Å². The Balaban J connectivity index is 3.11. The van der Waals surface area contributed by atoms with Gasteiger partial charge in [0, 0.05) is 11.5 Å². The molecule has 0 spiro atoms. The standard InChI is InChI=1S/C14H25NO2/c1-9(2)10(3)12(16)11-8-13(4,5)15(17)14(11,6)7/h8-10,17H,1-7H3. The molecular formula is C14H25NO2. The van der Waals surface area contributed by atoms with E-state index in [9.17, 15) is 10.0 Å². The van der Waals surface area contributed by atoms with Gasteiger partial charge in [-0.3, -0.25) is 4.79 Å². The number of carbonyl (C=O) groups excluding carboxylic acids is 1. The van der Waals surface area contributed by atoms with Crippen LogP contribution in [0.5, 0.6) is 0 Å². The molecule has 3 nitrogen and oxygen atoms in total. The minimum atomic E-state index is -0.607. The largest absolute Gasteiger partial charge is 0.312 e. The zero-order valence-electron chi connectivity index (χ0n) is 12.0. The summed E-state index contributed by atoms with van der Waals surface area (Å²) in [4.78, 5) is 12.4. The average molecular weight is 239 g/mol. The normalized spacial score (nSPS) is 24.9. The molecular weight excluding hydrogens is 214 g/mol. The lowest BCUT2D eigenvalue weighted by atomic mass is 9.83. The highest BCUT2D eigenvalue weighted by molar-refractivity contribution is 5.99. The summed E-state index contributed by atoms with van der Waals surface area (Å²) in [6.07, 6.45) is 1.90. The van der Waals surface area contributed by atoms with Crippen LogP contribution in [0.2, 0.25) is 0 Å². The van der Waals surface area contributed by atoms with Crippen molar-refractivity contribution >= 4 is 5.78 Å². The van der Waals surface area contributed by atoms with E-state index in [1.165, 1.54) is 5.06 Å². The highest BCUT2D eigenvalue weighted by atomic mass is 16.5. The van der Waals surface area contributed by atoms with Crippen molar-refractivity contribution in [1.82, 2.24) is 5.06 Å². The van der Waals surface area contributed by atoms with Crippen molar-refractivity contribution in [1.29, 1.82) is 0 Å². The summed E-state index contributed by atoms with van der Waals surface area (Å²) in [5.41, 5.74) is -0.360. The fraction of sp³-hybridized carbons (Fsp3) is 0.786. The summed E-state index contributed by atoms with van der Waals surface area (Å²) in [5, 5.41) is 11.4. The molecule has 1 aliphatic heterocycles. The first-order chi connectivity index (χ1) is 7.51. The lowest BCUT2D eigenvalue weighted by Crippen LogP contribution is -2.49. The van der Waals surface area contributed by atoms with Crippen LogP contribution in [-0.4, -0.2) is 27.1 Å². The van der Waals surface area contributed by atoms with Gasteiger partial charge < -0.3 is 5.21 Å². The van der Waals surface area contributed by atoms with Crippen LogP contribution in [-0.2, 0) is 4.79 Å². The number of ketones is 1. The molecule has 1 rings (SSSR count). The van der Waals surface area contributed by atoms with E-state index >= 15 is 0 Å². The minimum absolute atomic E-state index is 0.0113. The van der Waals surface area contributed by atoms with Crippen LogP contribution in [0.1, 0.15) is 48.5 Å². The molecule has 0 aromatic heterocycles. The molecule has 17 heavy (non-hydrogen) atoms. The SMILES string of the molecule is CC(C)C(C)C(=O)C1=CC(C)(C)N(O)C1(C)C. The number of hydrogen-bond acceptors (Lipinski definition) is 3. The molecule has 0 fully saturated rings. The van der Waals surface area contributed by atoms with Crippen LogP contribution in [0.3, 0.4) is 0 Å². The van der Waals surface area contributed by atoms with Crippen molar-refractivity contribution < 1.29 is 10.0 Å². The summed E-state index contributed by atoms with van der Waals surface area (Å²) in [6, 6.07) is 0. The van der Waals surface area contributed by atoms with Crippen molar-refractivity contribution in [2.75, 3.05) is 0 Å². The lowest BCUT2D eigenvalue weighted by molar-refractivity contribution is -0.186. The lowest BCUT2D eigenvalue weighted by Gasteiger charge is -2.36. The molecule has 0 aliphatic carbocycles. The third-order valence-electron chi connectivity index (χ3n) is 3.91. The van der Waals surface area contributed by atoms with Gasteiger partial charge in [-0.25, -0.2) is 0 Å². The Morgan fingerprint density at radius 1 is 1.24 bits per heavy atom. The van der Waals surface area contributed by atoms with Gasteiger partial charge in [-0.05, 0) is 33.6 Å². The molecule has 0 saturated carbocycles. The van der Waals surface area contributed by atoms with Crippen molar-refractivity contribution in [3.8, 4) is 0 Å². The predicted molar refractivity (Wildman–Crippen MR) is 68.9 cm³/mol. The van der Waals surface area contributed by atoms with Gasteiger partial charge in [0.2, 0.25) is 0 Å². The van der Waals surface area contributed by atoms with Crippen LogP contribution >= 0.6 is 0 Å². The molecule has 0 saturated heterocycles. The first kappa shape index (κ1) is 14.4. The Bertz CT molecular complexity index is 353. The van der Waals surface area contributed by atoms with Gasteiger partial charge in [0.15, 0.2) is 5.78 Å². The third kappa shape index (κ3) is 2.31. The molecule has 1 atom stereocenters. The van der Waals surface area contributed by atoms with Gasteiger partial charge in [0.1, 0.15) is 0 Å². The van der Waals surface area contributed by atoms with Crippen LogP contribution < -0.4 is 0 Å². The van der Waals surface area contributed by atoms with E-state index in [1.54, 1.807) is 0 Å². The van der Waals surface area contributed by atoms with E-state index in [-0.39, 0.29) is 11.7 Å². The zero-order valence-corrected chi connectivity index (χ0v) is 12.0. The monoisotopic (exact) mass is 239 g/mol. The van der Waals surface area contributed by atoms with E-state index in [0.29, 0.717) is 5.92 Å². The highest BCUT2D eigenvalue weighted by Gasteiger charge is 2.48. The van der Waals surface area contributed by atoms with Crippen molar-refractivity contribution in [2.24, 2.45) is 11.8 Å². The van der Waals surface area contributed by atoms with Gasteiger partial charge in [0.05, 0.1) is 11.1 Å². The maximum atomic E-state index is 12.4. The van der Waals surface area contributed by atoms with Gasteiger partial charge in [-0.1, -0.05) is 26.8 Å².